The highest BCUT2D eigenvalue weighted by Gasteiger charge is 2.26. The number of hydrogen-bond donors (Lipinski definition) is 1. The van der Waals surface area contributed by atoms with Gasteiger partial charge in [0.25, 0.3) is 0 Å². The Bertz CT molecular complexity index is 133. The van der Waals surface area contributed by atoms with Gasteiger partial charge in [0.1, 0.15) is 0 Å². The van der Waals surface area contributed by atoms with E-state index in [0.717, 1.165) is 12.3 Å². The maximum atomic E-state index is 9.98. The monoisotopic (exact) mass is 184 g/mol. The fourth-order valence-electron chi connectivity index (χ4n) is 2.54. The fourth-order valence-corrected chi connectivity index (χ4v) is 2.54. The van der Waals surface area contributed by atoms with E-state index in [9.17, 15) is 5.11 Å². The van der Waals surface area contributed by atoms with Gasteiger partial charge in [0.05, 0.1) is 6.10 Å². The van der Waals surface area contributed by atoms with E-state index in [4.69, 9.17) is 0 Å². The average molecular weight is 184 g/mol. The number of aliphatic hydroxyl groups is 1. The number of unbranched alkanes of at least 4 members (excludes halogenated alkanes) is 1. The van der Waals surface area contributed by atoms with Crippen LogP contribution in [0.15, 0.2) is 0 Å². The van der Waals surface area contributed by atoms with Gasteiger partial charge in [-0.2, -0.15) is 0 Å². The quantitative estimate of drug-likeness (QED) is 0.710. The van der Waals surface area contributed by atoms with E-state index >= 15 is 0 Å². The molecule has 0 aliphatic heterocycles. The maximum Gasteiger partial charge on any atom is 0.0570 e. The zero-order chi connectivity index (χ0) is 9.68. The normalized spacial score (nSPS) is 31.6. The topological polar surface area (TPSA) is 20.2 Å². The Hall–Kier alpha value is -0.0400. The van der Waals surface area contributed by atoms with Crippen molar-refractivity contribution in [3.8, 4) is 0 Å². The van der Waals surface area contributed by atoms with Crippen LogP contribution in [-0.2, 0) is 0 Å². The van der Waals surface area contributed by atoms with Gasteiger partial charge >= 0.3 is 0 Å². The van der Waals surface area contributed by atoms with Gasteiger partial charge in [0.2, 0.25) is 0 Å². The molecule has 1 N–H and O–H groups in total. The number of aliphatic hydroxyl groups excluding tert-OH is 1. The van der Waals surface area contributed by atoms with Gasteiger partial charge in [0, 0.05) is 0 Å². The number of rotatable bonds is 4. The molecule has 1 rings (SSSR count). The fraction of sp³-hybridized carbons (Fsp3) is 1.00. The summed E-state index contributed by atoms with van der Waals surface area (Å²) in [6.45, 7) is 4.50. The van der Waals surface area contributed by atoms with Crippen molar-refractivity contribution >= 4 is 0 Å². The Morgan fingerprint density at radius 3 is 2.62 bits per heavy atom. The molecule has 0 radical (unpaired) electrons. The third-order valence-corrected chi connectivity index (χ3v) is 3.53. The van der Waals surface area contributed by atoms with Crippen molar-refractivity contribution in [2.24, 2.45) is 11.8 Å². The highest BCUT2D eigenvalue weighted by Crippen LogP contribution is 2.33. The third-order valence-electron chi connectivity index (χ3n) is 3.53. The van der Waals surface area contributed by atoms with Gasteiger partial charge in [-0.1, -0.05) is 46.0 Å². The van der Waals surface area contributed by atoms with Crippen molar-refractivity contribution in [2.45, 2.75) is 64.9 Å². The summed E-state index contributed by atoms with van der Waals surface area (Å²) in [5.41, 5.74) is 0. The van der Waals surface area contributed by atoms with Gasteiger partial charge in [-0.15, -0.1) is 0 Å². The van der Waals surface area contributed by atoms with Gasteiger partial charge in [-0.05, 0) is 24.7 Å². The van der Waals surface area contributed by atoms with Crippen LogP contribution in [0.5, 0.6) is 0 Å². The van der Waals surface area contributed by atoms with Crippen molar-refractivity contribution in [3.05, 3.63) is 0 Å². The molecule has 0 amide bonds. The molecule has 1 aliphatic rings. The molecule has 1 nitrogen and oxygen atoms in total. The Morgan fingerprint density at radius 2 is 2.00 bits per heavy atom. The van der Waals surface area contributed by atoms with Crippen molar-refractivity contribution in [1.29, 1.82) is 0 Å². The summed E-state index contributed by atoms with van der Waals surface area (Å²) in [6.07, 6.45) is 8.68. The maximum absolute atomic E-state index is 9.98. The van der Waals surface area contributed by atoms with E-state index in [1.54, 1.807) is 0 Å². The van der Waals surface area contributed by atoms with Crippen LogP contribution >= 0.6 is 0 Å². The third kappa shape index (κ3) is 3.30. The molecule has 0 aromatic heterocycles. The lowest BCUT2D eigenvalue weighted by molar-refractivity contribution is 0.0458. The molecular weight excluding hydrogens is 160 g/mol. The van der Waals surface area contributed by atoms with Crippen LogP contribution in [0.1, 0.15) is 58.8 Å². The van der Waals surface area contributed by atoms with Crippen LogP contribution in [0.4, 0.5) is 0 Å². The first-order chi connectivity index (χ1) is 6.25. The minimum Gasteiger partial charge on any atom is -0.393 e. The van der Waals surface area contributed by atoms with Crippen LogP contribution in [0, 0.1) is 11.8 Å². The van der Waals surface area contributed by atoms with Crippen LogP contribution in [0.3, 0.4) is 0 Å². The van der Waals surface area contributed by atoms with E-state index < -0.39 is 0 Å². The van der Waals surface area contributed by atoms with Gasteiger partial charge in [0.15, 0.2) is 0 Å². The van der Waals surface area contributed by atoms with Crippen LogP contribution in [0.25, 0.3) is 0 Å². The van der Waals surface area contributed by atoms with E-state index in [1.165, 1.54) is 38.5 Å². The summed E-state index contributed by atoms with van der Waals surface area (Å²) in [4.78, 5) is 0. The van der Waals surface area contributed by atoms with Crippen molar-refractivity contribution < 1.29 is 5.11 Å². The average Bonchev–Trinajstić information content (AvgIpc) is 2.15. The van der Waals surface area contributed by atoms with Crippen LogP contribution in [0.2, 0.25) is 0 Å². The highest BCUT2D eigenvalue weighted by molar-refractivity contribution is 4.78. The lowest BCUT2D eigenvalue weighted by Crippen LogP contribution is -2.29. The number of hydrogen-bond acceptors (Lipinski definition) is 1. The summed E-state index contributed by atoms with van der Waals surface area (Å²) in [5.74, 6) is 1.35. The summed E-state index contributed by atoms with van der Waals surface area (Å²) >= 11 is 0. The van der Waals surface area contributed by atoms with Gasteiger partial charge in [-0.25, -0.2) is 0 Å². The van der Waals surface area contributed by atoms with Crippen LogP contribution in [-0.4, -0.2) is 11.2 Å². The van der Waals surface area contributed by atoms with Crippen LogP contribution < -0.4 is 0 Å². The van der Waals surface area contributed by atoms with Gasteiger partial charge < -0.3 is 5.11 Å². The molecule has 1 saturated carbocycles. The molecule has 78 valence electrons. The molecule has 0 aromatic rings. The first-order valence-electron chi connectivity index (χ1n) is 5.93. The summed E-state index contributed by atoms with van der Waals surface area (Å²) in [5, 5.41) is 9.98. The molecule has 0 bridgehead atoms. The second kappa shape index (κ2) is 5.64. The standard InChI is InChI=1S/C12H24O/c1-3-4-9-12(13)11-8-6-5-7-10(11)2/h10-13H,3-9H2,1-2H3. The molecule has 3 unspecified atom stereocenters. The molecule has 0 heterocycles. The minimum absolute atomic E-state index is 0.0183. The van der Waals surface area contributed by atoms with Crippen molar-refractivity contribution in [2.75, 3.05) is 0 Å². The second-order valence-corrected chi connectivity index (χ2v) is 4.64. The molecular formula is C12H24O. The molecule has 0 spiro atoms. The lowest BCUT2D eigenvalue weighted by Gasteiger charge is -2.32. The minimum atomic E-state index is -0.0183. The van der Waals surface area contributed by atoms with E-state index in [0.29, 0.717) is 5.92 Å². The summed E-state index contributed by atoms with van der Waals surface area (Å²) < 4.78 is 0. The first-order valence-corrected chi connectivity index (χ1v) is 5.93. The van der Waals surface area contributed by atoms with Crippen molar-refractivity contribution in [1.82, 2.24) is 0 Å². The van der Waals surface area contributed by atoms with E-state index in [1.807, 2.05) is 0 Å². The van der Waals surface area contributed by atoms with Crippen molar-refractivity contribution in [3.63, 3.8) is 0 Å². The molecule has 0 aromatic carbocycles. The first kappa shape index (κ1) is 11.0. The molecule has 1 fully saturated rings. The zero-order valence-corrected chi connectivity index (χ0v) is 9.13. The van der Waals surface area contributed by atoms with Gasteiger partial charge in [-0.3, -0.25) is 0 Å². The zero-order valence-electron chi connectivity index (χ0n) is 9.13. The molecule has 3 atom stereocenters. The summed E-state index contributed by atoms with van der Waals surface area (Å²) in [7, 11) is 0. The Balaban J connectivity index is 2.30. The second-order valence-electron chi connectivity index (χ2n) is 4.64. The Morgan fingerprint density at radius 1 is 1.31 bits per heavy atom. The van der Waals surface area contributed by atoms with E-state index in [2.05, 4.69) is 13.8 Å². The lowest BCUT2D eigenvalue weighted by atomic mass is 9.76. The predicted octanol–water partition coefficient (Wildman–Crippen LogP) is 3.36. The smallest absolute Gasteiger partial charge is 0.0570 e. The molecule has 0 saturated heterocycles. The molecule has 1 heteroatoms. The SMILES string of the molecule is CCCCC(O)C1CCCCC1C. The summed E-state index contributed by atoms with van der Waals surface area (Å²) in [6, 6.07) is 0. The predicted molar refractivity (Wildman–Crippen MR) is 56.7 cm³/mol. The molecule has 1 aliphatic carbocycles. The highest BCUT2D eigenvalue weighted by atomic mass is 16.3. The largest absolute Gasteiger partial charge is 0.393 e. The Kier molecular flexibility index (Phi) is 4.79. The Labute approximate surface area is 82.5 Å². The van der Waals surface area contributed by atoms with E-state index in [-0.39, 0.29) is 6.10 Å². The molecule has 13 heavy (non-hydrogen) atoms.